The first-order chi connectivity index (χ1) is 10.2. The highest BCUT2D eigenvalue weighted by atomic mass is 79.9. The Hall–Kier alpha value is -0.910. The van der Waals surface area contributed by atoms with Crippen LogP contribution in [0.5, 0.6) is 5.75 Å². The molecule has 0 unspecified atom stereocenters. The van der Waals surface area contributed by atoms with Crippen LogP contribution in [0.15, 0.2) is 45.6 Å². The molecular formula is C16H18Br2N2O. The molecule has 0 radical (unpaired) electrons. The lowest BCUT2D eigenvalue weighted by atomic mass is 10.2. The molecule has 2 rings (SSSR count). The van der Waals surface area contributed by atoms with Gasteiger partial charge in [0, 0.05) is 34.5 Å². The number of nitrogens with one attached hydrogen (secondary N) is 1. The second-order valence-corrected chi connectivity index (χ2v) is 6.47. The van der Waals surface area contributed by atoms with E-state index in [1.54, 1.807) is 6.20 Å². The lowest BCUT2D eigenvalue weighted by Gasteiger charge is -2.14. The molecule has 0 aliphatic heterocycles. The van der Waals surface area contributed by atoms with Crippen LogP contribution in [0.3, 0.4) is 0 Å². The van der Waals surface area contributed by atoms with E-state index in [4.69, 9.17) is 4.74 Å². The minimum Gasteiger partial charge on any atom is -0.487 e. The van der Waals surface area contributed by atoms with Crippen LogP contribution in [0.2, 0.25) is 0 Å². The number of ether oxygens (including phenoxy) is 1. The second kappa shape index (κ2) is 8.51. The molecule has 2 aromatic rings. The summed E-state index contributed by atoms with van der Waals surface area (Å²) in [6.07, 6.45) is 4.70. The largest absolute Gasteiger partial charge is 0.487 e. The van der Waals surface area contributed by atoms with Gasteiger partial charge in [0.25, 0.3) is 0 Å². The Kier molecular flexibility index (Phi) is 6.67. The van der Waals surface area contributed by atoms with E-state index in [1.165, 1.54) is 0 Å². The van der Waals surface area contributed by atoms with Crippen LogP contribution in [-0.2, 0) is 13.2 Å². The van der Waals surface area contributed by atoms with Gasteiger partial charge in [0.2, 0.25) is 0 Å². The van der Waals surface area contributed by atoms with Crippen LogP contribution in [0.4, 0.5) is 0 Å². The van der Waals surface area contributed by atoms with Crippen molar-refractivity contribution in [1.29, 1.82) is 0 Å². The Morgan fingerprint density at radius 2 is 2.10 bits per heavy atom. The number of benzene rings is 1. The zero-order valence-electron chi connectivity index (χ0n) is 11.9. The minimum atomic E-state index is 0.496. The molecule has 1 N–H and O–H groups in total. The van der Waals surface area contributed by atoms with Crippen molar-refractivity contribution < 1.29 is 4.74 Å². The summed E-state index contributed by atoms with van der Waals surface area (Å²) in [7, 11) is 0. The van der Waals surface area contributed by atoms with Crippen LogP contribution in [0.25, 0.3) is 0 Å². The van der Waals surface area contributed by atoms with Crippen molar-refractivity contribution in [2.24, 2.45) is 0 Å². The van der Waals surface area contributed by atoms with E-state index in [0.29, 0.717) is 6.61 Å². The quantitative estimate of drug-likeness (QED) is 0.668. The number of halogens is 2. The van der Waals surface area contributed by atoms with Gasteiger partial charge >= 0.3 is 0 Å². The SMILES string of the molecule is CCCNCc1cccc(Br)c1OCc1cncc(Br)c1. The molecule has 0 aliphatic carbocycles. The molecule has 1 aromatic carbocycles. The van der Waals surface area contributed by atoms with Crippen molar-refractivity contribution in [3.05, 3.63) is 56.7 Å². The summed E-state index contributed by atoms with van der Waals surface area (Å²) in [4.78, 5) is 4.15. The van der Waals surface area contributed by atoms with Gasteiger partial charge in [-0.25, -0.2) is 0 Å². The van der Waals surface area contributed by atoms with Gasteiger partial charge in [-0.15, -0.1) is 0 Å². The summed E-state index contributed by atoms with van der Waals surface area (Å²) < 4.78 is 7.92. The molecule has 1 heterocycles. The molecule has 5 heteroatoms. The Bertz CT molecular complexity index is 590. The smallest absolute Gasteiger partial charge is 0.138 e. The lowest BCUT2D eigenvalue weighted by molar-refractivity contribution is 0.299. The number of hydrogen-bond donors (Lipinski definition) is 1. The third-order valence-electron chi connectivity index (χ3n) is 2.94. The monoisotopic (exact) mass is 412 g/mol. The zero-order valence-corrected chi connectivity index (χ0v) is 15.1. The summed E-state index contributed by atoms with van der Waals surface area (Å²) in [5, 5.41) is 3.41. The number of para-hydroxylation sites is 1. The molecule has 21 heavy (non-hydrogen) atoms. The van der Waals surface area contributed by atoms with Gasteiger partial charge in [-0.05, 0) is 57.0 Å². The van der Waals surface area contributed by atoms with Gasteiger partial charge in [-0.2, -0.15) is 0 Å². The summed E-state index contributed by atoms with van der Waals surface area (Å²) in [5.41, 5.74) is 2.19. The maximum absolute atomic E-state index is 5.99. The molecule has 112 valence electrons. The summed E-state index contributed by atoms with van der Waals surface area (Å²) >= 11 is 6.99. The average Bonchev–Trinajstić information content (AvgIpc) is 2.47. The highest BCUT2D eigenvalue weighted by Gasteiger charge is 2.08. The average molecular weight is 414 g/mol. The molecule has 0 saturated heterocycles. The van der Waals surface area contributed by atoms with Crippen molar-refractivity contribution in [1.82, 2.24) is 10.3 Å². The highest BCUT2D eigenvalue weighted by Crippen LogP contribution is 2.30. The third kappa shape index (κ3) is 5.09. The number of pyridine rings is 1. The van der Waals surface area contributed by atoms with Crippen LogP contribution in [0.1, 0.15) is 24.5 Å². The first-order valence-electron chi connectivity index (χ1n) is 6.91. The van der Waals surface area contributed by atoms with Gasteiger partial charge in [0.1, 0.15) is 12.4 Å². The van der Waals surface area contributed by atoms with Crippen molar-refractivity contribution in [3.63, 3.8) is 0 Å². The van der Waals surface area contributed by atoms with Gasteiger partial charge in [-0.1, -0.05) is 19.1 Å². The topological polar surface area (TPSA) is 34.1 Å². The summed E-state index contributed by atoms with van der Waals surface area (Å²) in [6.45, 7) is 4.46. The maximum atomic E-state index is 5.99. The Morgan fingerprint density at radius 3 is 2.86 bits per heavy atom. The number of rotatable bonds is 7. The molecule has 0 bridgehead atoms. The van der Waals surface area contributed by atoms with E-state index >= 15 is 0 Å². The maximum Gasteiger partial charge on any atom is 0.138 e. The molecule has 0 spiro atoms. The first kappa shape index (κ1) is 16.5. The molecule has 0 aliphatic rings. The van der Waals surface area contributed by atoms with Gasteiger partial charge in [0.15, 0.2) is 0 Å². The predicted octanol–water partition coefficient (Wildman–Crippen LogP) is 4.69. The first-order valence-corrected chi connectivity index (χ1v) is 8.49. The zero-order chi connectivity index (χ0) is 15.1. The number of hydrogen-bond acceptors (Lipinski definition) is 3. The third-order valence-corrected chi connectivity index (χ3v) is 3.99. The van der Waals surface area contributed by atoms with Gasteiger partial charge in [-0.3, -0.25) is 4.98 Å². The minimum absolute atomic E-state index is 0.496. The molecule has 0 amide bonds. The second-order valence-electron chi connectivity index (χ2n) is 4.70. The Labute approximate surface area is 142 Å². The van der Waals surface area contributed by atoms with E-state index < -0.39 is 0 Å². The fraction of sp³-hybridized carbons (Fsp3) is 0.312. The van der Waals surface area contributed by atoms with E-state index in [1.807, 2.05) is 24.4 Å². The lowest BCUT2D eigenvalue weighted by Crippen LogP contribution is -2.14. The van der Waals surface area contributed by atoms with Crippen LogP contribution >= 0.6 is 31.9 Å². The molecule has 0 fully saturated rings. The van der Waals surface area contributed by atoms with E-state index in [2.05, 4.69) is 55.2 Å². The fourth-order valence-electron chi connectivity index (χ4n) is 1.94. The highest BCUT2D eigenvalue weighted by molar-refractivity contribution is 9.10. The van der Waals surface area contributed by atoms with E-state index in [0.717, 1.165) is 45.3 Å². The Morgan fingerprint density at radius 1 is 1.24 bits per heavy atom. The molecule has 1 aromatic heterocycles. The predicted molar refractivity (Wildman–Crippen MR) is 92.4 cm³/mol. The number of nitrogens with zero attached hydrogens (tertiary/aromatic N) is 1. The van der Waals surface area contributed by atoms with E-state index in [-0.39, 0.29) is 0 Å². The van der Waals surface area contributed by atoms with Crippen molar-refractivity contribution in [3.8, 4) is 5.75 Å². The van der Waals surface area contributed by atoms with Crippen molar-refractivity contribution in [2.45, 2.75) is 26.5 Å². The summed E-state index contributed by atoms with van der Waals surface area (Å²) in [5.74, 6) is 0.890. The van der Waals surface area contributed by atoms with Crippen LogP contribution in [-0.4, -0.2) is 11.5 Å². The molecular weight excluding hydrogens is 396 g/mol. The van der Waals surface area contributed by atoms with Crippen molar-refractivity contribution in [2.75, 3.05) is 6.54 Å². The summed E-state index contributed by atoms with van der Waals surface area (Å²) in [6, 6.07) is 8.12. The van der Waals surface area contributed by atoms with Crippen LogP contribution < -0.4 is 10.1 Å². The number of aromatic nitrogens is 1. The molecule has 3 nitrogen and oxygen atoms in total. The van der Waals surface area contributed by atoms with Gasteiger partial charge in [0.05, 0.1) is 4.47 Å². The van der Waals surface area contributed by atoms with Crippen LogP contribution in [0, 0.1) is 0 Å². The normalized spacial score (nSPS) is 10.6. The van der Waals surface area contributed by atoms with E-state index in [9.17, 15) is 0 Å². The van der Waals surface area contributed by atoms with Gasteiger partial charge < -0.3 is 10.1 Å². The standard InChI is InChI=1S/C16H18Br2N2O/c1-2-6-19-9-13-4-3-5-15(18)16(13)21-11-12-7-14(17)10-20-8-12/h3-5,7-8,10,19H,2,6,9,11H2,1H3. The molecule has 0 saturated carbocycles. The molecule has 0 atom stereocenters. The van der Waals surface area contributed by atoms with Crippen molar-refractivity contribution >= 4 is 31.9 Å². The fourth-order valence-corrected chi connectivity index (χ4v) is 2.88. The Balaban J connectivity index is 2.07.